The number of alkyl carbamates (subject to hydrolysis) is 1. The molecule has 4 bridgehead atoms. The quantitative estimate of drug-likeness (QED) is 0.0161. The molecule has 0 radical (unpaired) electrons. The number of carbonyl (C=O) groups excluding carboxylic acids is 8. The normalized spacial score (nSPS) is 21.0. The summed E-state index contributed by atoms with van der Waals surface area (Å²) in [6, 6.07) is 16.9. The SMILES string of the molecule is CNN(C)Cc1cc2ccccc2n1CCC(=O)N[C@@H](CCC(=O)O)C(=O)NCCOCCOCCC(=O)N[C@H](C(=O)N[C@@H](CCCCN)C(=O)N(C)[C@@H](C)C(=O)O[C@H]1CC(=O)N(C)c2cc(cc(OC)c2Cl)C/C(C)=C/C=C/[C@@H](OC)[C@@]2(O)C[C@H](OC(=O)N2)[C@@H](C)C[C@@H]1C)c1ccccc1. The van der Waals surface area contributed by atoms with E-state index in [1.54, 1.807) is 68.6 Å². The average Bonchev–Trinajstić information content (AvgIpc) is 1.69. The number of methoxy groups -OCH3 is 2. The van der Waals surface area contributed by atoms with Crippen LogP contribution in [0, 0.1) is 11.8 Å². The Morgan fingerprint density at radius 2 is 1.56 bits per heavy atom. The molecule has 101 heavy (non-hydrogen) atoms. The number of nitrogens with zero attached hydrogens (tertiary/aromatic N) is 4. The number of likely N-dealkylation sites (N-methyl/N-ethyl adjacent to an activating group) is 1. The van der Waals surface area contributed by atoms with Crippen LogP contribution in [0.1, 0.15) is 115 Å². The Hall–Kier alpha value is -8.48. The molecular formula is C72H102ClN11O17. The van der Waals surface area contributed by atoms with Gasteiger partial charge in [-0.2, -0.15) is 0 Å². The molecule has 4 aromatic rings. The molecular weight excluding hydrogens is 1330 g/mol. The number of fused-ring (bicyclic) bond motifs is 5. The monoisotopic (exact) mass is 1430 g/mol. The third kappa shape index (κ3) is 24.4. The Balaban J connectivity index is 1.05. The highest BCUT2D eigenvalue weighted by Gasteiger charge is 2.47. The van der Waals surface area contributed by atoms with Crippen molar-refractivity contribution in [3.05, 3.63) is 118 Å². The first kappa shape index (κ1) is 81.5. The van der Waals surface area contributed by atoms with Gasteiger partial charge in [-0.3, -0.25) is 44.3 Å². The third-order valence-electron chi connectivity index (χ3n) is 18.1. The minimum absolute atomic E-state index is 0.0360. The number of unbranched alkanes of at least 4 members (excludes halogenated alkanes) is 1. The Morgan fingerprint density at radius 1 is 0.861 bits per heavy atom. The number of nitrogens with two attached hydrogens (primary N) is 1. The number of aliphatic hydroxyl groups is 1. The number of allylic oxidation sites excluding steroid dienone is 3. The zero-order valence-electron chi connectivity index (χ0n) is 59.6. The predicted molar refractivity (Wildman–Crippen MR) is 379 cm³/mol. The van der Waals surface area contributed by atoms with Crippen molar-refractivity contribution in [3.63, 3.8) is 0 Å². The first-order chi connectivity index (χ1) is 48.2. The van der Waals surface area contributed by atoms with E-state index in [0.29, 0.717) is 49.4 Å². The lowest BCUT2D eigenvalue weighted by molar-refractivity contribution is -0.162. The molecule has 0 spiro atoms. The largest absolute Gasteiger partial charge is 0.495 e. The molecule has 0 unspecified atom stereocenters. The van der Waals surface area contributed by atoms with E-state index in [0.717, 1.165) is 32.6 Å². The summed E-state index contributed by atoms with van der Waals surface area (Å²) in [5.74, 6) is -6.17. The summed E-state index contributed by atoms with van der Waals surface area (Å²) in [6.07, 6.45) is 1.88. The standard InChI is InChI=1S/C72H102ClN11O17/c1-45-19-18-25-60(97-10)72(95)43-59(101-71(94)80-72)47(3)38-46(2)57(42-63(87)83(8)56-39-49(37-45)40-58(96-9)65(56)73)100-70(93)48(4)82(7)69(92)54(23-16-17-30-74)78-68(91)66(50-20-12-11-13-21-50)79-62(86)29-33-98-35-36-99-34-31-76-67(90)53(26-27-64(88)89)77-61(85)28-32-84-52(44-81(6)75-5)41-51-22-14-15-24-55(51)84/h11-15,18-22,24-25,39-41,46-48,53-54,57,59-60,66,75,95H,16-17,23,26-38,42-44,74H2,1-10H3,(H,76,90)(H,77,85)(H,78,91)(H,79,86)(H,80,94)(H,88,89)/b25-18+,45-19+/t46-,47-,48-,53-,54-,57-,59-,60+,66-,72-/m0/s1. The lowest BCUT2D eigenvalue weighted by atomic mass is 9.83. The number of nitrogens with one attached hydrogen (secondary N) is 6. The van der Waals surface area contributed by atoms with Crippen molar-refractivity contribution >= 4 is 81.7 Å². The van der Waals surface area contributed by atoms with Crippen molar-refractivity contribution in [3.8, 4) is 5.75 Å². The van der Waals surface area contributed by atoms with E-state index in [9.17, 15) is 53.4 Å². The molecule has 554 valence electrons. The first-order valence-corrected chi connectivity index (χ1v) is 34.5. The minimum Gasteiger partial charge on any atom is -0.495 e. The molecule has 6 rings (SSSR count). The number of hydrogen-bond acceptors (Lipinski definition) is 19. The van der Waals surface area contributed by atoms with Gasteiger partial charge in [0.25, 0.3) is 0 Å². The zero-order chi connectivity index (χ0) is 73.9. The molecule has 1 saturated heterocycles. The molecule has 3 heterocycles. The van der Waals surface area contributed by atoms with Crippen LogP contribution in [0.2, 0.25) is 5.02 Å². The Morgan fingerprint density at radius 3 is 2.26 bits per heavy atom. The molecule has 0 aliphatic carbocycles. The Bertz CT molecular complexity index is 3520. The van der Waals surface area contributed by atoms with Crippen LogP contribution in [0.15, 0.2) is 96.6 Å². The smallest absolute Gasteiger partial charge is 0.409 e. The number of anilines is 1. The number of para-hydroxylation sites is 1. The van der Waals surface area contributed by atoms with Gasteiger partial charge in [0.1, 0.15) is 53.3 Å². The van der Waals surface area contributed by atoms with E-state index in [1.165, 1.54) is 33.1 Å². The molecule has 10 atom stereocenters. The van der Waals surface area contributed by atoms with Crippen molar-refractivity contribution in [2.24, 2.45) is 17.6 Å². The summed E-state index contributed by atoms with van der Waals surface area (Å²) in [5, 5.41) is 38.0. The van der Waals surface area contributed by atoms with Gasteiger partial charge in [-0.15, -0.1) is 0 Å². The summed E-state index contributed by atoms with van der Waals surface area (Å²) in [6.45, 7) is 8.27. The number of halogens is 1. The summed E-state index contributed by atoms with van der Waals surface area (Å²) in [4.78, 5) is 126. The molecule has 1 aromatic heterocycles. The number of aromatic nitrogens is 1. The highest BCUT2D eigenvalue weighted by atomic mass is 35.5. The van der Waals surface area contributed by atoms with Crippen LogP contribution >= 0.6 is 11.6 Å². The van der Waals surface area contributed by atoms with Gasteiger partial charge in [0.2, 0.25) is 35.4 Å². The number of carboxylic acids is 1. The van der Waals surface area contributed by atoms with Crippen molar-refractivity contribution in [1.29, 1.82) is 0 Å². The fourth-order valence-electron chi connectivity index (χ4n) is 12.1. The van der Waals surface area contributed by atoms with Gasteiger partial charge in [-0.1, -0.05) is 97.8 Å². The highest BCUT2D eigenvalue weighted by molar-refractivity contribution is 6.35. The topological polar surface area (TPSA) is 362 Å². The molecule has 29 heteroatoms. The van der Waals surface area contributed by atoms with Crippen LogP contribution < -0.4 is 47.4 Å². The van der Waals surface area contributed by atoms with Gasteiger partial charge in [0.05, 0.1) is 52.2 Å². The van der Waals surface area contributed by atoms with Gasteiger partial charge in [0.15, 0.2) is 5.72 Å². The van der Waals surface area contributed by atoms with Gasteiger partial charge in [-0.25, -0.2) is 14.6 Å². The summed E-state index contributed by atoms with van der Waals surface area (Å²) in [5.41, 5.74) is 11.4. The molecule has 7 amide bonds. The molecule has 28 nitrogen and oxygen atoms in total. The molecule has 0 saturated carbocycles. The second-order valence-electron chi connectivity index (χ2n) is 25.8. The maximum atomic E-state index is 14.7. The fraction of sp³-hybridized carbons (Fsp3) is 0.542. The summed E-state index contributed by atoms with van der Waals surface area (Å²) >= 11 is 6.88. The summed E-state index contributed by atoms with van der Waals surface area (Å²) in [7, 11) is 9.52. The number of hydrazine groups is 1. The first-order valence-electron chi connectivity index (χ1n) is 34.1. The molecule has 2 aliphatic heterocycles. The minimum atomic E-state index is -1.88. The number of ether oxygens (including phenoxy) is 6. The predicted octanol–water partition coefficient (Wildman–Crippen LogP) is 5.35. The van der Waals surface area contributed by atoms with Gasteiger partial charge < -0.3 is 80.0 Å². The molecule has 3 aromatic carbocycles. The van der Waals surface area contributed by atoms with Crippen molar-refractivity contribution in [1.82, 2.24) is 46.5 Å². The van der Waals surface area contributed by atoms with E-state index < -0.39 is 114 Å². The Labute approximate surface area is 595 Å². The zero-order valence-corrected chi connectivity index (χ0v) is 60.3. The lowest BCUT2D eigenvalue weighted by Crippen LogP contribution is -2.63. The number of benzene rings is 3. The van der Waals surface area contributed by atoms with Crippen molar-refractivity contribution in [2.75, 3.05) is 86.8 Å². The number of amides is 7. The number of carboxylic acid groups (broad SMARTS) is 1. The van der Waals surface area contributed by atoms with Crippen LogP contribution in [0.3, 0.4) is 0 Å². The van der Waals surface area contributed by atoms with E-state index in [4.69, 9.17) is 45.8 Å². The maximum Gasteiger partial charge on any atom is 0.409 e. The third-order valence-corrected chi connectivity index (χ3v) is 18.5. The number of hydrogen-bond donors (Lipinski definition) is 9. The van der Waals surface area contributed by atoms with Crippen LogP contribution in [-0.4, -0.2) is 202 Å². The average molecular weight is 1430 g/mol. The van der Waals surface area contributed by atoms with Crippen molar-refractivity contribution in [2.45, 2.75) is 160 Å². The van der Waals surface area contributed by atoms with Gasteiger partial charge in [-0.05, 0) is 119 Å². The van der Waals surface area contributed by atoms with E-state index >= 15 is 0 Å². The number of carbonyl (C=O) groups is 9. The highest BCUT2D eigenvalue weighted by Crippen LogP contribution is 2.38. The number of aryl methyl sites for hydroxylation is 1. The van der Waals surface area contributed by atoms with E-state index in [2.05, 4.69) is 38.1 Å². The lowest BCUT2D eigenvalue weighted by Gasteiger charge is -2.42. The fourth-order valence-corrected chi connectivity index (χ4v) is 12.4. The number of esters is 1. The van der Waals surface area contributed by atoms with Crippen LogP contribution in [0.4, 0.5) is 10.5 Å². The van der Waals surface area contributed by atoms with E-state index in [-0.39, 0.29) is 95.9 Å². The number of aliphatic carboxylic acids is 1. The Kier molecular flexibility index (Phi) is 32.5. The second-order valence-corrected chi connectivity index (χ2v) is 26.1. The second kappa shape index (κ2) is 40.2. The maximum absolute atomic E-state index is 14.7. The van der Waals surface area contributed by atoms with Crippen LogP contribution in [0.5, 0.6) is 5.75 Å². The summed E-state index contributed by atoms with van der Waals surface area (Å²) < 4.78 is 36.7. The van der Waals surface area contributed by atoms with Gasteiger partial charge in [0, 0.05) is 78.2 Å². The van der Waals surface area contributed by atoms with Crippen LogP contribution in [-0.2, 0) is 81.6 Å². The van der Waals surface area contributed by atoms with Crippen LogP contribution in [0.25, 0.3) is 10.9 Å². The van der Waals surface area contributed by atoms with E-state index in [1.807, 2.05) is 67.9 Å². The van der Waals surface area contributed by atoms with Crippen molar-refractivity contribution < 1.29 is 81.8 Å². The molecule has 10 N–H and O–H groups in total. The van der Waals surface area contributed by atoms with Gasteiger partial charge >= 0.3 is 18.0 Å². The number of rotatable bonds is 34. The molecule has 2 aliphatic rings. The molecule has 1 fully saturated rings.